The molecule has 1 N–H and O–H groups in total. The average molecular weight is 344 g/mol. The summed E-state index contributed by atoms with van der Waals surface area (Å²) in [6.45, 7) is 10.8. The van der Waals surface area contributed by atoms with Crippen LogP contribution in [0.3, 0.4) is 0 Å². The summed E-state index contributed by atoms with van der Waals surface area (Å²) in [5.41, 5.74) is 0. The lowest BCUT2D eigenvalue weighted by Crippen LogP contribution is -2.57. The van der Waals surface area contributed by atoms with Crippen molar-refractivity contribution in [3.63, 3.8) is 0 Å². The van der Waals surface area contributed by atoms with Crippen LogP contribution in [0.1, 0.15) is 53.4 Å². The van der Waals surface area contributed by atoms with Crippen molar-refractivity contribution in [2.75, 3.05) is 31.9 Å². The Labute approximate surface area is 141 Å². The Morgan fingerprint density at radius 3 is 2.70 bits per heavy atom. The predicted molar refractivity (Wildman–Crippen MR) is 96.5 cm³/mol. The Kier molecular flexibility index (Phi) is 5.98. The van der Waals surface area contributed by atoms with Gasteiger partial charge in [0.05, 0.1) is 10.5 Å². The smallest absolute Gasteiger partial charge is 0.194 e. The van der Waals surface area contributed by atoms with Crippen molar-refractivity contribution in [2.24, 2.45) is 16.8 Å². The van der Waals surface area contributed by atoms with E-state index >= 15 is 0 Å². The summed E-state index contributed by atoms with van der Waals surface area (Å²) in [5.74, 6) is 2.58. The Balaban J connectivity index is 2.04. The Hall–Kier alpha value is -0.780. The van der Waals surface area contributed by atoms with Crippen molar-refractivity contribution >= 4 is 15.8 Å². The van der Waals surface area contributed by atoms with Crippen LogP contribution in [0.25, 0.3) is 0 Å². The molecule has 1 aliphatic carbocycles. The van der Waals surface area contributed by atoms with Crippen molar-refractivity contribution in [1.29, 1.82) is 0 Å². The number of nitrogens with one attached hydrogen (secondary N) is 1. The van der Waals surface area contributed by atoms with Crippen LogP contribution >= 0.6 is 0 Å². The van der Waals surface area contributed by atoms with E-state index in [1.807, 2.05) is 13.8 Å². The molecule has 2 fully saturated rings. The average Bonchev–Trinajstić information content (AvgIpc) is 2.46. The lowest BCUT2D eigenvalue weighted by Gasteiger charge is -2.39. The number of nitrogens with zero attached hydrogens (tertiary/aromatic N) is 2. The highest BCUT2D eigenvalue weighted by atomic mass is 32.2. The van der Waals surface area contributed by atoms with Crippen LogP contribution in [0.5, 0.6) is 0 Å². The lowest BCUT2D eigenvalue weighted by atomic mass is 9.82. The van der Waals surface area contributed by atoms with Gasteiger partial charge in [-0.15, -0.1) is 0 Å². The second-order valence-corrected chi connectivity index (χ2v) is 10.6. The van der Waals surface area contributed by atoms with Crippen molar-refractivity contribution in [3.05, 3.63) is 0 Å². The molecule has 0 radical (unpaired) electrons. The van der Waals surface area contributed by atoms with Gasteiger partial charge in [-0.1, -0.05) is 19.8 Å². The second kappa shape index (κ2) is 7.41. The summed E-state index contributed by atoms with van der Waals surface area (Å²) in [6.07, 6.45) is 5.20. The van der Waals surface area contributed by atoms with Crippen LogP contribution in [-0.4, -0.2) is 56.0 Å². The molecule has 1 aliphatic heterocycles. The second-order valence-electron chi connectivity index (χ2n) is 7.83. The Bertz CT molecular complexity index is 528. The summed E-state index contributed by atoms with van der Waals surface area (Å²) in [5, 5.41) is 3.35. The zero-order valence-corrected chi connectivity index (χ0v) is 16.0. The predicted octanol–water partition coefficient (Wildman–Crippen LogP) is 2.29. The highest BCUT2D eigenvalue weighted by Gasteiger charge is 2.41. The maximum Gasteiger partial charge on any atom is 0.194 e. The number of aliphatic imine (C=N–C) groups is 1. The molecule has 0 aromatic heterocycles. The molecule has 1 heterocycles. The van der Waals surface area contributed by atoms with Crippen molar-refractivity contribution in [1.82, 2.24) is 10.2 Å². The molecule has 5 nitrogen and oxygen atoms in total. The fraction of sp³-hybridized carbons (Fsp3) is 0.941. The van der Waals surface area contributed by atoms with Gasteiger partial charge in [-0.25, -0.2) is 8.42 Å². The summed E-state index contributed by atoms with van der Waals surface area (Å²) < 4.78 is 23.7. The first-order valence-corrected chi connectivity index (χ1v) is 10.7. The van der Waals surface area contributed by atoms with Crippen molar-refractivity contribution in [3.8, 4) is 0 Å². The Morgan fingerprint density at radius 2 is 2.09 bits per heavy atom. The molecule has 0 spiro atoms. The monoisotopic (exact) mass is 343 g/mol. The summed E-state index contributed by atoms with van der Waals surface area (Å²) in [4.78, 5) is 6.97. The number of rotatable bonds is 3. The third-order valence-electron chi connectivity index (χ3n) is 5.22. The molecule has 2 atom stereocenters. The van der Waals surface area contributed by atoms with Gasteiger partial charge in [-0.2, -0.15) is 0 Å². The minimum Gasteiger partial charge on any atom is -0.357 e. The molecule has 0 aromatic carbocycles. The molecule has 2 aliphatic rings. The molecule has 2 unspecified atom stereocenters. The molecule has 0 aromatic rings. The van der Waals surface area contributed by atoms with Crippen molar-refractivity contribution in [2.45, 2.75) is 58.1 Å². The molecule has 23 heavy (non-hydrogen) atoms. The van der Waals surface area contributed by atoms with E-state index in [0.29, 0.717) is 19.0 Å². The van der Waals surface area contributed by atoms with Gasteiger partial charge in [0.1, 0.15) is 0 Å². The third kappa shape index (κ3) is 4.61. The summed E-state index contributed by atoms with van der Waals surface area (Å²) in [6, 6.07) is 0. The first-order chi connectivity index (χ1) is 10.7. The van der Waals surface area contributed by atoms with E-state index in [1.54, 1.807) is 0 Å². The molecule has 134 valence electrons. The van der Waals surface area contributed by atoms with Gasteiger partial charge in [0.2, 0.25) is 0 Å². The summed E-state index contributed by atoms with van der Waals surface area (Å²) in [7, 11) is -3.01. The highest BCUT2D eigenvalue weighted by molar-refractivity contribution is 7.92. The number of hydrogen-bond donors (Lipinski definition) is 1. The zero-order valence-electron chi connectivity index (χ0n) is 15.1. The topological polar surface area (TPSA) is 61.8 Å². The summed E-state index contributed by atoms with van der Waals surface area (Å²) >= 11 is 0. The van der Waals surface area contributed by atoms with E-state index in [-0.39, 0.29) is 5.75 Å². The standard InChI is InChI=1S/C17H33N3O2S/c1-5-18-16(19-12-15-8-6-7-14(2)11-15)20-9-10-23(21,22)17(3,4)13-20/h14-15H,5-13H2,1-4H3,(H,18,19). The van der Waals surface area contributed by atoms with Gasteiger partial charge in [0.25, 0.3) is 0 Å². The van der Waals surface area contributed by atoms with Gasteiger partial charge in [0.15, 0.2) is 15.8 Å². The van der Waals surface area contributed by atoms with Crippen LogP contribution < -0.4 is 5.32 Å². The quantitative estimate of drug-likeness (QED) is 0.631. The fourth-order valence-corrected chi connectivity index (χ4v) is 5.06. The maximum atomic E-state index is 12.2. The SMILES string of the molecule is CCNC(=NCC1CCCC(C)C1)N1CCS(=O)(=O)C(C)(C)C1. The van der Waals surface area contributed by atoms with Crippen LogP contribution in [0.4, 0.5) is 0 Å². The third-order valence-corrected chi connectivity index (χ3v) is 7.76. The first-order valence-electron chi connectivity index (χ1n) is 9.00. The van der Waals surface area contributed by atoms with Crippen LogP contribution in [-0.2, 0) is 9.84 Å². The van der Waals surface area contributed by atoms with Gasteiger partial charge >= 0.3 is 0 Å². The molecular formula is C17H33N3O2S. The van der Waals surface area contributed by atoms with Gasteiger partial charge in [-0.05, 0) is 45.4 Å². The van der Waals surface area contributed by atoms with E-state index in [4.69, 9.17) is 4.99 Å². The van der Waals surface area contributed by atoms with E-state index in [2.05, 4.69) is 24.1 Å². The molecule has 1 saturated heterocycles. The molecule has 0 amide bonds. The van der Waals surface area contributed by atoms with Gasteiger partial charge in [-0.3, -0.25) is 4.99 Å². The number of hydrogen-bond acceptors (Lipinski definition) is 3. The lowest BCUT2D eigenvalue weighted by molar-refractivity contribution is 0.287. The minimum atomic E-state index is -3.01. The van der Waals surface area contributed by atoms with E-state index in [1.165, 1.54) is 25.7 Å². The molecule has 6 heteroatoms. The van der Waals surface area contributed by atoms with Crippen molar-refractivity contribution < 1.29 is 8.42 Å². The number of guanidine groups is 1. The highest BCUT2D eigenvalue weighted by Crippen LogP contribution is 2.29. The largest absolute Gasteiger partial charge is 0.357 e. The van der Waals surface area contributed by atoms with E-state index < -0.39 is 14.6 Å². The molecular weight excluding hydrogens is 310 g/mol. The maximum absolute atomic E-state index is 12.2. The first kappa shape index (κ1) is 18.6. The fourth-order valence-electron chi connectivity index (χ4n) is 3.69. The number of sulfone groups is 1. The van der Waals surface area contributed by atoms with Crippen LogP contribution in [0, 0.1) is 11.8 Å². The zero-order chi connectivity index (χ0) is 17.1. The minimum absolute atomic E-state index is 0.213. The van der Waals surface area contributed by atoms with Crippen LogP contribution in [0.2, 0.25) is 0 Å². The van der Waals surface area contributed by atoms with Crippen LogP contribution in [0.15, 0.2) is 4.99 Å². The molecule has 2 rings (SSSR count). The van der Waals surface area contributed by atoms with Gasteiger partial charge < -0.3 is 10.2 Å². The Morgan fingerprint density at radius 1 is 1.35 bits per heavy atom. The van der Waals surface area contributed by atoms with Gasteiger partial charge in [0, 0.05) is 26.2 Å². The normalized spacial score (nSPS) is 31.0. The van der Waals surface area contributed by atoms with E-state index in [0.717, 1.165) is 25.0 Å². The molecule has 1 saturated carbocycles. The molecule has 0 bridgehead atoms. The van der Waals surface area contributed by atoms with E-state index in [9.17, 15) is 8.42 Å².